The van der Waals surface area contributed by atoms with Gasteiger partial charge in [0.1, 0.15) is 5.82 Å². The van der Waals surface area contributed by atoms with Gasteiger partial charge in [-0.25, -0.2) is 4.39 Å². The predicted molar refractivity (Wildman–Crippen MR) is 113 cm³/mol. The van der Waals surface area contributed by atoms with Crippen LogP contribution in [0.15, 0.2) is 48.5 Å². The van der Waals surface area contributed by atoms with Gasteiger partial charge in [0.15, 0.2) is 0 Å². The van der Waals surface area contributed by atoms with Crippen molar-refractivity contribution in [2.75, 3.05) is 42.9 Å². The van der Waals surface area contributed by atoms with E-state index in [-0.39, 0.29) is 17.1 Å². The van der Waals surface area contributed by atoms with E-state index in [2.05, 4.69) is 42.0 Å². The highest BCUT2D eigenvalue weighted by Crippen LogP contribution is 2.29. The minimum Gasteiger partial charge on any atom is -0.367 e. The molecule has 1 aliphatic rings. The number of nitrogens with zero attached hydrogens (tertiary/aromatic N) is 2. The van der Waals surface area contributed by atoms with E-state index in [1.807, 2.05) is 30.3 Å². The summed E-state index contributed by atoms with van der Waals surface area (Å²) in [4.78, 5) is 16.8. The molecule has 2 aromatic rings. The van der Waals surface area contributed by atoms with Crippen molar-refractivity contribution in [3.05, 3.63) is 59.9 Å². The summed E-state index contributed by atoms with van der Waals surface area (Å²) in [5.41, 5.74) is 2.68. The van der Waals surface area contributed by atoms with Gasteiger partial charge in [0, 0.05) is 44.8 Å². The van der Waals surface area contributed by atoms with Gasteiger partial charge in [0.2, 0.25) is 5.91 Å². The van der Waals surface area contributed by atoms with Gasteiger partial charge in [0.05, 0.1) is 5.69 Å². The van der Waals surface area contributed by atoms with E-state index in [1.165, 1.54) is 6.07 Å². The average molecular weight is 384 g/mol. The van der Waals surface area contributed by atoms with Crippen LogP contribution in [0.3, 0.4) is 0 Å². The van der Waals surface area contributed by atoms with Crippen molar-refractivity contribution < 1.29 is 9.18 Å². The fraction of sp³-hybridized carbons (Fsp3) is 0.435. The first-order chi connectivity index (χ1) is 13.3. The third kappa shape index (κ3) is 5.10. The molecule has 1 aliphatic heterocycles. The monoisotopic (exact) mass is 383 g/mol. The predicted octanol–water partition coefficient (Wildman–Crippen LogP) is 4.27. The molecule has 0 unspecified atom stereocenters. The number of rotatable bonds is 5. The standard InChI is InChI=1S/C23H30FN3O/c1-23(2,3)18-8-4-6-10-20(18)25-22(28)12-13-26-14-16-27(17-15-26)21-11-7-5-9-19(21)24/h4-11H,12-17H2,1-3H3,(H,25,28). The van der Waals surface area contributed by atoms with Gasteiger partial charge in [-0.3, -0.25) is 9.69 Å². The van der Waals surface area contributed by atoms with E-state index < -0.39 is 0 Å². The van der Waals surface area contributed by atoms with Gasteiger partial charge in [-0.05, 0) is 29.2 Å². The van der Waals surface area contributed by atoms with Crippen molar-refractivity contribution in [3.8, 4) is 0 Å². The highest BCUT2D eigenvalue weighted by molar-refractivity contribution is 5.91. The Balaban J connectivity index is 1.49. The lowest BCUT2D eigenvalue weighted by atomic mass is 9.86. The molecule has 150 valence electrons. The zero-order valence-corrected chi connectivity index (χ0v) is 17.0. The maximum atomic E-state index is 13.9. The third-order valence-corrected chi connectivity index (χ3v) is 5.23. The first-order valence-electron chi connectivity index (χ1n) is 9.96. The Morgan fingerprint density at radius 2 is 1.64 bits per heavy atom. The van der Waals surface area contributed by atoms with Crippen LogP contribution < -0.4 is 10.2 Å². The molecule has 1 fully saturated rings. The van der Waals surface area contributed by atoms with Crippen molar-refractivity contribution in [2.45, 2.75) is 32.6 Å². The second kappa shape index (κ2) is 8.74. The number of nitrogens with one attached hydrogen (secondary N) is 1. The molecular formula is C23H30FN3O. The summed E-state index contributed by atoms with van der Waals surface area (Å²) < 4.78 is 13.9. The molecule has 0 atom stereocenters. The highest BCUT2D eigenvalue weighted by atomic mass is 19.1. The number of hydrogen-bond acceptors (Lipinski definition) is 3. The van der Waals surface area contributed by atoms with Crippen molar-refractivity contribution in [3.63, 3.8) is 0 Å². The molecule has 1 saturated heterocycles. The molecule has 0 radical (unpaired) electrons. The molecule has 0 bridgehead atoms. The Morgan fingerprint density at radius 1 is 1.00 bits per heavy atom. The molecule has 0 saturated carbocycles. The number of hydrogen-bond donors (Lipinski definition) is 1. The first-order valence-corrected chi connectivity index (χ1v) is 9.96. The van der Waals surface area contributed by atoms with Gasteiger partial charge in [-0.1, -0.05) is 51.1 Å². The summed E-state index contributed by atoms with van der Waals surface area (Å²) in [7, 11) is 0. The van der Waals surface area contributed by atoms with E-state index in [4.69, 9.17) is 0 Å². The third-order valence-electron chi connectivity index (χ3n) is 5.23. The number of para-hydroxylation sites is 2. The number of carbonyl (C=O) groups excluding carboxylic acids is 1. The zero-order valence-electron chi connectivity index (χ0n) is 17.0. The number of amides is 1. The Labute approximate surface area is 167 Å². The lowest BCUT2D eigenvalue weighted by molar-refractivity contribution is -0.116. The minimum atomic E-state index is -0.173. The quantitative estimate of drug-likeness (QED) is 0.837. The van der Waals surface area contributed by atoms with E-state index in [0.29, 0.717) is 18.7 Å². The van der Waals surface area contributed by atoms with Crippen LogP contribution in [0.1, 0.15) is 32.8 Å². The van der Waals surface area contributed by atoms with Gasteiger partial charge >= 0.3 is 0 Å². The van der Waals surface area contributed by atoms with Gasteiger partial charge < -0.3 is 10.2 Å². The molecule has 0 aromatic heterocycles. The summed E-state index contributed by atoms with van der Waals surface area (Å²) in [6, 6.07) is 14.9. The maximum Gasteiger partial charge on any atom is 0.225 e. The number of carbonyl (C=O) groups is 1. The summed E-state index contributed by atoms with van der Waals surface area (Å²) in [5, 5.41) is 3.07. The van der Waals surface area contributed by atoms with Crippen LogP contribution in [-0.4, -0.2) is 43.5 Å². The molecule has 0 spiro atoms. The largest absolute Gasteiger partial charge is 0.367 e. The number of piperazine rings is 1. The van der Waals surface area contributed by atoms with E-state index in [0.717, 1.165) is 37.4 Å². The topological polar surface area (TPSA) is 35.6 Å². The van der Waals surface area contributed by atoms with E-state index >= 15 is 0 Å². The molecule has 1 amide bonds. The maximum absolute atomic E-state index is 13.9. The van der Waals surface area contributed by atoms with Crippen LogP contribution in [0.2, 0.25) is 0 Å². The average Bonchev–Trinajstić information content (AvgIpc) is 2.67. The van der Waals surface area contributed by atoms with E-state index in [1.54, 1.807) is 6.07 Å². The van der Waals surface area contributed by atoms with Crippen molar-refractivity contribution in [2.24, 2.45) is 0 Å². The molecule has 4 nitrogen and oxygen atoms in total. The molecule has 3 rings (SSSR count). The van der Waals surface area contributed by atoms with Crippen LogP contribution in [0, 0.1) is 5.82 Å². The van der Waals surface area contributed by atoms with E-state index in [9.17, 15) is 9.18 Å². The Kier molecular flexibility index (Phi) is 6.35. The molecule has 0 aliphatic carbocycles. The smallest absolute Gasteiger partial charge is 0.225 e. The van der Waals surface area contributed by atoms with Gasteiger partial charge in [0.25, 0.3) is 0 Å². The summed E-state index contributed by atoms with van der Waals surface area (Å²) >= 11 is 0. The normalized spacial score (nSPS) is 15.5. The van der Waals surface area contributed by atoms with Crippen LogP contribution in [0.4, 0.5) is 15.8 Å². The zero-order chi connectivity index (χ0) is 20.1. The lowest BCUT2D eigenvalue weighted by Gasteiger charge is -2.36. The molecule has 5 heteroatoms. The second-order valence-electron chi connectivity index (χ2n) is 8.37. The molecule has 28 heavy (non-hydrogen) atoms. The first kappa shape index (κ1) is 20.3. The number of anilines is 2. The van der Waals surface area contributed by atoms with Crippen LogP contribution >= 0.6 is 0 Å². The number of halogens is 1. The SMILES string of the molecule is CC(C)(C)c1ccccc1NC(=O)CCN1CCN(c2ccccc2F)CC1. The Hall–Kier alpha value is -2.40. The van der Waals surface area contributed by atoms with Crippen molar-refractivity contribution >= 4 is 17.3 Å². The number of benzene rings is 2. The van der Waals surface area contributed by atoms with Gasteiger partial charge in [-0.15, -0.1) is 0 Å². The molecule has 1 heterocycles. The summed E-state index contributed by atoms with van der Waals surface area (Å²) in [6.45, 7) is 10.4. The summed E-state index contributed by atoms with van der Waals surface area (Å²) in [5.74, 6) is -0.138. The molecular weight excluding hydrogens is 353 g/mol. The van der Waals surface area contributed by atoms with Crippen LogP contribution in [0.25, 0.3) is 0 Å². The Morgan fingerprint density at radius 3 is 2.32 bits per heavy atom. The fourth-order valence-electron chi connectivity index (χ4n) is 3.64. The minimum absolute atomic E-state index is 0.0209. The van der Waals surface area contributed by atoms with Crippen molar-refractivity contribution in [1.82, 2.24) is 4.90 Å². The van der Waals surface area contributed by atoms with Crippen molar-refractivity contribution in [1.29, 1.82) is 0 Å². The van der Waals surface area contributed by atoms with Crippen LogP contribution in [-0.2, 0) is 10.2 Å². The Bertz CT molecular complexity index is 807. The summed E-state index contributed by atoms with van der Waals surface area (Å²) in [6.07, 6.45) is 0.457. The molecule has 2 aromatic carbocycles. The van der Waals surface area contributed by atoms with Gasteiger partial charge in [-0.2, -0.15) is 0 Å². The molecule has 1 N–H and O–H groups in total. The highest BCUT2D eigenvalue weighted by Gasteiger charge is 2.21. The second-order valence-corrected chi connectivity index (χ2v) is 8.37. The fourth-order valence-corrected chi connectivity index (χ4v) is 3.64. The lowest BCUT2D eigenvalue weighted by Crippen LogP contribution is -2.47. The van der Waals surface area contributed by atoms with Crippen LogP contribution in [0.5, 0.6) is 0 Å².